The van der Waals surface area contributed by atoms with Gasteiger partial charge in [-0.15, -0.1) is 0 Å². The predicted octanol–water partition coefficient (Wildman–Crippen LogP) is 5.04. The van der Waals surface area contributed by atoms with Crippen LogP contribution < -0.4 is 5.73 Å². The Bertz CT molecular complexity index is 572. The Kier molecular flexibility index (Phi) is 15.0. The molecular weight excluding hydrogens is 326 g/mol. The molecule has 0 radical (unpaired) electrons. The van der Waals surface area contributed by atoms with Crippen LogP contribution in [0.5, 0.6) is 0 Å². The lowest BCUT2D eigenvalue weighted by molar-refractivity contribution is 0.0600. The van der Waals surface area contributed by atoms with Gasteiger partial charge in [0, 0.05) is 12.7 Å². The highest BCUT2D eigenvalue weighted by molar-refractivity contribution is 6.32. The van der Waals surface area contributed by atoms with Crippen molar-refractivity contribution >= 4 is 23.3 Å². The highest BCUT2D eigenvalue weighted by Crippen LogP contribution is 2.18. The number of nitrogens with zero attached hydrogens (tertiary/aromatic N) is 2. The van der Waals surface area contributed by atoms with Gasteiger partial charge >= 0.3 is 5.97 Å². The second-order valence-corrected chi connectivity index (χ2v) is 4.64. The van der Waals surface area contributed by atoms with Crippen molar-refractivity contribution in [3.8, 4) is 0 Å². The number of hydrogen-bond donors (Lipinski definition) is 1. The molecule has 24 heavy (non-hydrogen) atoms. The van der Waals surface area contributed by atoms with Crippen molar-refractivity contribution in [1.82, 2.24) is 9.78 Å². The molecule has 0 fully saturated rings. The maximum atomic E-state index is 11.1. The molecule has 0 amide bonds. The van der Waals surface area contributed by atoms with E-state index in [0.717, 1.165) is 5.69 Å². The number of nitrogen functional groups attached to an aromatic ring is 1. The second kappa shape index (κ2) is 13.4. The average Bonchev–Trinajstić information content (AvgIpc) is 2.77. The first kappa shape index (κ1) is 26.9. The number of aromatic nitrogens is 2. The Balaban J connectivity index is -0.000000325. The van der Waals surface area contributed by atoms with Crippen LogP contribution in [0.2, 0.25) is 5.15 Å². The molecule has 0 spiro atoms. The van der Waals surface area contributed by atoms with Crippen molar-refractivity contribution in [2.45, 2.75) is 42.5 Å². The average molecular weight is 358 g/mol. The number of halogens is 1. The number of esters is 1. The summed E-state index contributed by atoms with van der Waals surface area (Å²) in [7, 11) is 3.03. The van der Waals surface area contributed by atoms with Gasteiger partial charge in [-0.2, -0.15) is 5.10 Å². The predicted molar refractivity (Wildman–Crippen MR) is 105 cm³/mol. The van der Waals surface area contributed by atoms with Gasteiger partial charge in [0.05, 0.1) is 12.8 Å². The Morgan fingerprint density at radius 1 is 1.17 bits per heavy atom. The topological polar surface area (TPSA) is 70.1 Å². The highest BCUT2D eigenvalue weighted by Gasteiger charge is 2.18. The maximum Gasteiger partial charge on any atom is 0.342 e. The number of methoxy groups -OCH3 is 1. The molecule has 5 nitrogen and oxygen atoms in total. The van der Waals surface area contributed by atoms with Crippen LogP contribution in [-0.4, -0.2) is 22.9 Å². The van der Waals surface area contributed by atoms with Gasteiger partial charge in [-0.1, -0.05) is 58.0 Å². The maximum absolute atomic E-state index is 11.1. The molecule has 0 atom stereocenters. The van der Waals surface area contributed by atoms with Gasteiger partial charge in [0.1, 0.15) is 5.56 Å². The summed E-state index contributed by atoms with van der Waals surface area (Å²) in [4.78, 5) is 11.1. The number of aryl methyl sites for hydroxylation is 2. The summed E-state index contributed by atoms with van der Waals surface area (Å²) in [6, 6.07) is 7.79. The van der Waals surface area contributed by atoms with Gasteiger partial charge in [0.25, 0.3) is 0 Å². The van der Waals surface area contributed by atoms with E-state index < -0.39 is 5.97 Å². The minimum Gasteiger partial charge on any atom is -0.465 e. The molecule has 0 saturated heterocycles. The van der Waals surface area contributed by atoms with Crippen LogP contribution >= 0.6 is 11.6 Å². The van der Waals surface area contributed by atoms with E-state index in [0.29, 0.717) is 11.3 Å². The lowest BCUT2D eigenvalue weighted by Gasteiger charge is -1.97. The summed E-state index contributed by atoms with van der Waals surface area (Å²) < 4.78 is 6.07. The van der Waals surface area contributed by atoms with Crippen molar-refractivity contribution in [2.24, 2.45) is 7.05 Å². The van der Waals surface area contributed by atoms with E-state index in [1.165, 1.54) is 17.4 Å². The van der Waals surface area contributed by atoms with Gasteiger partial charge in [0.15, 0.2) is 5.15 Å². The first-order valence-corrected chi connectivity index (χ1v) is 7.34. The fourth-order valence-corrected chi connectivity index (χ4v) is 1.80. The number of anilines is 1. The van der Waals surface area contributed by atoms with Crippen LogP contribution in [-0.2, 0) is 11.8 Å². The highest BCUT2D eigenvalue weighted by atomic mass is 35.5. The Morgan fingerprint density at radius 3 is 1.92 bits per heavy atom. The van der Waals surface area contributed by atoms with Gasteiger partial charge in [-0.3, -0.25) is 4.68 Å². The van der Waals surface area contributed by atoms with E-state index in [1.807, 2.05) is 45.0 Å². The third kappa shape index (κ3) is 8.02. The van der Waals surface area contributed by atoms with Crippen molar-refractivity contribution in [2.75, 3.05) is 12.8 Å². The van der Waals surface area contributed by atoms with Crippen molar-refractivity contribution in [3.63, 3.8) is 0 Å². The lowest BCUT2D eigenvalue weighted by Crippen LogP contribution is -2.03. The van der Waals surface area contributed by atoms with Crippen LogP contribution in [0.4, 0.5) is 5.69 Å². The Morgan fingerprint density at radius 2 is 1.62 bits per heavy atom. The number of nitrogens with two attached hydrogens (primary N) is 1. The lowest BCUT2D eigenvalue weighted by atomic mass is 10.2. The standard InChI is InChI=1S/C7H9ClN2O2.C7H9N.C2H6.2CH4/c1-4-5(7(11)12-3)6(8)9-10(4)2;1-6-2-4-7(8)5-3-6;1-2;;/h1-3H3;2-5H,8H2,1H3;1-2H3;2*1H4. The first-order valence-electron chi connectivity index (χ1n) is 6.96. The zero-order chi connectivity index (χ0) is 17.3. The summed E-state index contributed by atoms with van der Waals surface area (Å²) in [5.41, 5.74) is 8.54. The molecule has 0 unspecified atom stereocenters. The van der Waals surface area contributed by atoms with E-state index in [-0.39, 0.29) is 20.0 Å². The van der Waals surface area contributed by atoms with Crippen molar-refractivity contribution < 1.29 is 9.53 Å². The number of ether oxygens (including phenoxy) is 1. The van der Waals surface area contributed by atoms with E-state index >= 15 is 0 Å². The van der Waals surface area contributed by atoms with E-state index in [1.54, 1.807) is 14.0 Å². The molecule has 0 saturated carbocycles. The molecule has 0 aliphatic carbocycles. The molecule has 0 bridgehead atoms. The molecule has 0 aliphatic heterocycles. The molecule has 2 N–H and O–H groups in total. The normalized spacial score (nSPS) is 8.29. The molecule has 2 rings (SSSR count). The van der Waals surface area contributed by atoms with Crippen molar-refractivity contribution in [1.29, 1.82) is 0 Å². The molecule has 1 aromatic carbocycles. The number of benzene rings is 1. The number of carbonyl (C=O) groups excluding carboxylic acids is 1. The largest absolute Gasteiger partial charge is 0.465 e. The number of carbonyl (C=O) groups is 1. The van der Waals surface area contributed by atoms with Crippen LogP contribution in [0.1, 0.15) is 50.3 Å². The molecule has 138 valence electrons. The summed E-state index contributed by atoms with van der Waals surface area (Å²) in [6.45, 7) is 7.80. The summed E-state index contributed by atoms with van der Waals surface area (Å²) in [5.74, 6) is -0.453. The van der Waals surface area contributed by atoms with Crippen LogP contribution in [0.25, 0.3) is 0 Å². The minimum absolute atomic E-state index is 0. The van der Waals surface area contributed by atoms with Gasteiger partial charge < -0.3 is 10.5 Å². The minimum atomic E-state index is -0.453. The monoisotopic (exact) mass is 357 g/mol. The molecular formula is C18H32ClN3O2. The van der Waals surface area contributed by atoms with Gasteiger partial charge in [-0.05, 0) is 26.0 Å². The SMILES string of the molecule is C.C.CC.COC(=O)c1c(Cl)nn(C)c1C.Cc1ccc(N)cc1. The fourth-order valence-electron chi connectivity index (χ4n) is 1.47. The fraction of sp³-hybridized carbons (Fsp3) is 0.444. The number of hydrogen-bond acceptors (Lipinski definition) is 4. The van der Waals surface area contributed by atoms with Crippen LogP contribution in [0, 0.1) is 13.8 Å². The molecule has 1 aromatic heterocycles. The van der Waals surface area contributed by atoms with Gasteiger partial charge in [-0.25, -0.2) is 4.79 Å². The summed E-state index contributed by atoms with van der Waals surface area (Å²) in [6.07, 6.45) is 0. The second-order valence-electron chi connectivity index (χ2n) is 4.28. The molecule has 2 aromatic rings. The number of rotatable bonds is 1. The summed E-state index contributed by atoms with van der Waals surface area (Å²) >= 11 is 5.69. The first-order chi connectivity index (χ1) is 10.4. The quantitative estimate of drug-likeness (QED) is 0.573. The zero-order valence-electron chi connectivity index (χ0n) is 14.0. The van der Waals surface area contributed by atoms with Crippen molar-refractivity contribution in [3.05, 3.63) is 46.2 Å². The van der Waals surface area contributed by atoms with Crippen LogP contribution in [0.15, 0.2) is 24.3 Å². The van der Waals surface area contributed by atoms with E-state index in [9.17, 15) is 4.79 Å². The van der Waals surface area contributed by atoms with Crippen LogP contribution in [0.3, 0.4) is 0 Å². The smallest absolute Gasteiger partial charge is 0.342 e. The Hall–Kier alpha value is -2.01. The molecule has 6 heteroatoms. The Labute approximate surface area is 151 Å². The molecule has 0 aliphatic rings. The molecule has 1 heterocycles. The third-order valence-corrected chi connectivity index (χ3v) is 3.02. The van der Waals surface area contributed by atoms with E-state index in [2.05, 4.69) is 9.84 Å². The zero-order valence-corrected chi connectivity index (χ0v) is 14.7. The summed E-state index contributed by atoms with van der Waals surface area (Å²) in [5, 5.41) is 4.04. The van der Waals surface area contributed by atoms with E-state index in [4.69, 9.17) is 17.3 Å². The van der Waals surface area contributed by atoms with Gasteiger partial charge in [0.2, 0.25) is 0 Å². The third-order valence-electron chi connectivity index (χ3n) is 2.76.